The maximum absolute atomic E-state index is 13.0. The standard InChI is InChI=1S/C21H22N4O3S/c1-4-28-16-12-8-10-14(18(16)27-3)19-22-15-11-7-6-9-13(15)17-20(26)23-21(29-5-2)24-25(17)19/h6-12,19H,4-5H2,1-3H3,(H,23,24,26). The summed E-state index contributed by atoms with van der Waals surface area (Å²) in [5.41, 5.74) is 1.26. The molecule has 2 aromatic rings. The number of benzene rings is 2. The second-order valence-electron chi connectivity index (χ2n) is 6.32. The average Bonchev–Trinajstić information content (AvgIpc) is 2.73. The van der Waals surface area contributed by atoms with Crippen molar-refractivity contribution in [1.29, 1.82) is 0 Å². The number of amides is 1. The molecule has 2 heterocycles. The highest BCUT2D eigenvalue weighted by Crippen LogP contribution is 2.40. The third-order valence-electron chi connectivity index (χ3n) is 4.59. The van der Waals surface area contributed by atoms with E-state index in [0.717, 1.165) is 21.9 Å². The Balaban J connectivity index is 1.95. The molecule has 0 aliphatic carbocycles. The minimum absolute atomic E-state index is 0.191. The van der Waals surface area contributed by atoms with Crippen LogP contribution in [0.1, 0.15) is 25.6 Å². The molecule has 0 bridgehead atoms. The number of hydrogen-bond donors (Lipinski definition) is 1. The zero-order valence-corrected chi connectivity index (χ0v) is 17.3. The van der Waals surface area contributed by atoms with Crippen LogP contribution in [0.3, 0.4) is 0 Å². The number of carbonyl (C=O) groups is 1. The Labute approximate surface area is 173 Å². The van der Waals surface area contributed by atoms with Crippen molar-refractivity contribution in [3.8, 4) is 11.5 Å². The van der Waals surface area contributed by atoms with Crippen molar-refractivity contribution < 1.29 is 14.3 Å². The summed E-state index contributed by atoms with van der Waals surface area (Å²) in [6.45, 7) is 4.46. The number of rotatable bonds is 5. The molecule has 29 heavy (non-hydrogen) atoms. The SMILES string of the molecule is CCOc1cccc(C2N=c3ccccc3=C3C(=O)NC(SCC)=NN32)c1OC. The third-order valence-corrected chi connectivity index (χ3v) is 5.33. The van der Waals surface area contributed by atoms with E-state index in [2.05, 4.69) is 5.32 Å². The van der Waals surface area contributed by atoms with Gasteiger partial charge < -0.3 is 9.47 Å². The molecule has 0 saturated carbocycles. The Hall–Kier alpha value is -3.00. The quantitative estimate of drug-likeness (QED) is 0.816. The average molecular weight is 410 g/mol. The summed E-state index contributed by atoms with van der Waals surface area (Å²) in [7, 11) is 1.60. The Morgan fingerprint density at radius 1 is 1.17 bits per heavy atom. The van der Waals surface area contributed by atoms with Crippen molar-refractivity contribution in [2.75, 3.05) is 19.5 Å². The normalized spacial score (nSPS) is 17.6. The van der Waals surface area contributed by atoms with Gasteiger partial charge in [0.2, 0.25) is 0 Å². The predicted molar refractivity (Wildman–Crippen MR) is 113 cm³/mol. The van der Waals surface area contributed by atoms with Gasteiger partial charge in [-0.15, -0.1) is 5.10 Å². The topological polar surface area (TPSA) is 75.5 Å². The maximum Gasteiger partial charge on any atom is 0.276 e. The van der Waals surface area contributed by atoms with Gasteiger partial charge in [0.25, 0.3) is 5.91 Å². The lowest BCUT2D eigenvalue weighted by Gasteiger charge is -2.34. The first-order chi connectivity index (χ1) is 14.2. The fourth-order valence-corrected chi connectivity index (χ4v) is 4.04. The molecule has 0 fully saturated rings. The van der Waals surface area contributed by atoms with Gasteiger partial charge >= 0.3 is 0 Å². The lowest BCUT2D eigenvalue weighted by Crippen LogP contribution is -2.50. The van der Waals surface area contributed by atoms with E-state index in [9.17, 15) is 4.79 Å². The van der Waals surface area contributed by atoms with E-state index in [1.807, 2.05) is 56.3 Å². The van der Waals surface area contributed by atoms with Gasteiger partial charge in [-0.3, -0.25) is 15.1 Å². The van der Waals surface area contributed by atoms with E-state index in [1.165, 1.54) is 11.8 Å². The van der Waals surface area contributed by atoms with Gasteiger partial charge in [0.05, 0.1) is 19.1 Å². The van der Waals surface area contributed by atoms with Crippen LogP contribution in [-0.2, 0) is 4.79 Å². The number of thioether (sulfide) groups is 1. The molecule has 1 atom stereocenters. The molecule has 4 rings (SSSR count). The van der Waals surface area contributed by atoms with Crippen LogP contribution in [0, 0.1) is 0 Å². The van der Waals surface area contributed by atoms with Gasteiger partial charge in [0.1, 0.15) is 5.70 Å². The smallest absolute Gasteiger partial charge is 0.276 e. The number of amidine groups is 1. The minimum Gasteiger partial charge on any atom is -0.492 e. The number of para-hydroxylation sites is 2. The summed E-state index contributed by atoms with van der Waals surface area (Å²) in [5.74, 6) is 1.83. The summed E-state index contributed by atoms with van der Waals surface area (Å²) < 4.78 is 11.4. The Bertz CT molecular complexity index is 1100. The Kier molecular flexibility index (Phi) is 5.44. The molecule has 2 aliphatic rings. The summed E-state index contributed by atoms with van der Waals surface area (Å²) >= 11 is 1.48. The molecule has 1 unspecified atom stereocenters. The van der Waals surface area contributed by atoms with Crippen molar-refractivity contribution >= 4 is 28.5 Å². The number of hydrazone groups is 1. The van der Waals surface area contributed by atoms with Crippen LogP contribution in [0.15, 0.2) is 52.6 Å². The molecule has 8 heteroatoms. The van der Waals surface area contributed by atoms with Crippen molar-refractivity contribution in [3.63, 3.8) is 0 Å². The van der Waals surface area contributed by atoms with Crippen LogP contribution >= 0.6 is 11.8 Å². The Morgan fingerprint density at radius 2 is 2.00 bits per heavy atom. The zero-order chi connectivity index (χ0) is 20.4. The van der Waals surface area contributed by atoms with Crippen molar-refractivity contribution in [2.24, 2.45) is 10.1 Å². The zero-order valence-electron chi connectivity index (χ0n) is 16.5. The second kappa shape index (κ2) is 8.16. The third kappa shape index (κ3) is 3.44. The summed E-state index contributed by atoms with van der Waals surface area (Å²) in [5, 5.41) is 11.3. The number of nitrogens with one attached hydrogen (secondary N) is 1. The number of ether oxygens (including phenoxy) is 2. The monoisotopic (exact) mass is 410 g/mol. The molecule has 2 aromatic carbocycles. The van der Waals surface area contributed by atoms with E-state index in [0.29, 0.717) is 29.0 Å². The first-order valence-corrected chi connectivity index (χ1v) is 10.4. The lowest BCUT2D eigenvalue weighted by atomic mass is 10.1. The van der Waals surface area contributed by atoms with Crippen LogP contribution in [-0.4, -0.2) is 35.6 Å². The van der Waals surface area contributed by atoms with Crippen molar-refractivity contribution in [1.82, 2.24) is 10.3 Å². The molecular formula is C21H22N4O3S. The van der Waals surface area contributed by atoms with Crippen molar-refractivity contribution in [2.45, 2.75) is 20.0 Å². The molecule has 0 saturated heterocycles. The molecule has 150 valence electrons. The highest BCUT2D eigenvalue weighted by molar-refractivity contribution is 8.13. The van der Waals surface area contributed by atoms with Crippen LogP contribution in [0.4, 0.5) is 0 Å². The summed E-state index contributed by atoms with van der Waals surface area (Å²) in [6.07, 6.45) is -0.547. The van der Waals surface area contributed by atoms with Crippen LogP contribution in [0.25, 0.3) is 5.70 Å². The van der Waals surface area contributed by atoms with E-state index in [1.54, 1.807) is 12.1 Å². The van der Waals surface area contributed by atoms with E-state index >= 15 is 0 Å². The maximum atomic E-state index is 13.0. The second-order valence-corrected chi connectivity index (χ2v) is 7.57. The first-order valence-electron chi connectivity index (χ1n) is 9.46. The van der Waals surface area contributed by atoms with Crippen LogP contribution < -0.4 is 25.4 Å². The molecular weight excluding hydrogens is 388 g/mol. The minimum atomic E-state index is -0.547. The largest absolute Gasteiger partial charge is 0.492 e. The van der Waals surface area contributed by atoms with Crippen LogP contribution in [0.5, 0.6) is 11.5 Å². The summed E-state index contributed by atoms with van der Waals surface area (Å²) in [6, 6.07) is 13.3. The molecule has 1 amide bonds. The van der Waals surface area contributed by atoms with Gasteiger partial charge in [-0.05, 0) is 24.8 Å². The number of carbonyl (C=O) groups excluding carboxylic acids is 1. The van der Waals surface area contributed by atoms with E-state index in [-0.39, 0.29) is 5.91 Å². The molecule has 2 aliphatic heterocycles. The van der Waals surface area contributed by atoms with Crippen LogP contribution in [0.2, 0.25) is 0 Å². The Morgan fingerprint density at radius 3 is 2.76 bits per heavy atom. The predicted octanol–water partition coefficient (Wildman–Crippen LogP) is 1.99. The number of hydrogen-bond acceptors (Lipinski definition) is 7. The van der Waals surface area contributed by atoms with Crippen molar-refractivity contribution in [3.05, 3.63) is 58.6 Å². The molecule has 0 aromatic heterocycles. The molecule has 7 nitrogen and oxygen atoms in total. The van der Waals surface area contributed by atoms with E-state index < -0.39 is 6.17 Å². The lowest BCUT2D eigenvalue weighted by molar-refractivity contribution is -0.116. The fourth-order valence-electron chi connectivity index (χ4n) is 3.46. The summed E-state index contributed by atoms with van der Waals surface area (Å²) in [4.78, 5) is 17.9. The van der Waals surface area contributed by atoms with Gasteiger partial charge in [-0.25, -0.2) is 5.01 Å². The highest BCUT2D eigenvalue weighted by Gasteiger charge is 2.36. The molecule has 0 spiro atoms. The first kappa shape index (κ1) is 19.3. The van der Waals surface area contributed by atoms with Gasteiger partial charge in [-0.2, -0.15) is 0 Å². The highest BCUT2D eigenvalue weighted by atomic mass is 32.2. The molecule has 0 radical (unpaired) electrons. The van der Waals surface area contributed by atoms with Gasteiger partial charge in [-0.1, -0.05) is 49.0 Å². The van der Waals surface area contributed by atoms with E-state index in [4.69, 9.17) is 19.6 Å². The number of fused-ring (bicyclic) bond motifs is 2. The number of methoxy groups -OCH3 is 1. The molecule has 1 N–H and O–H groups in total. The fraction of sp³-hybridized carbons (Fsp3) is 0.286. The van der Waals surface area contributed by atoms with Gasteiger partial charge in [0, 0.05) is 10.8 Å². The number of nitrogens with zero attached hydrogens (tertiary/aromatic N) is 3. The van der Waals surface area contributed by atoms with Gasteiger partial charge in [0.15, 0.2) is 22.8 Å².